The van der Waals surface area contributed by atoms with Gasteiger partial charge in [0, 0.05) is 21.8 Å². The maximum absolute atomic E-state index is 6.50. The second-order valence-electron chi connectivity index (χ2n) is 11.3. The summed E-state index contributed by atoms with van der Waals surface area (Å²) in [4.78, 5) is 0. The van der Waals surface area contributed by atoms with Gasteiger partial charge in [-0.3, -0.25) is 0 Å². The van der Waals surface area contributed by atoms with Crippen molar-refractivity contribution < 1.29 is 4.42 Å². The summed E-state index contributed by atoms with van der Waals surface area (Å²) >= 11 is 0. The Morgan fingerprint density at radius 2 is 1.19 bits per heavy atom. The molecule has 0 unspecified atom stereocenters. The number of aromatic nitrogens is 1. The van der Waals surface area contributed by atoms with E-state index in [-0.39, 0.29) is 0 Å². The van der Waals surface area contributed by atoms with Gasteiger partial charge in [-0.1, -0.05) is 97.1 Å². The molecule has 1 aliphatic rings. The fraction of sp³-hybridized carbons (Fsp3) is 0. The average Bonchev–Trinajstić information content (AvgIpc) is 3.70. The zero-order valence-corrected chi connectivity index (χ0v) is 22.6. The van der Waals surface area contributed by atoms with E-state index in [4.69, 9.17) is 4.42 Å². The Morgan fingerprint density at radius 1 is 0.429 bits per heavy atom. The van der Waals surface area contributed by atoms with Gasteiger partial charge in [-0.15, -0.1) is 0 Å². The van der Waals surface area contributed by atoms with Crippen molar-refractivity contribution in [1.29, 1.82) is 0 Å². The lowest BCUT2D eigenvalue weighted by molar-refractivity contribution is 0.673. The summed E-state index contributed by atoms with van der Waals surface area (Å²) in [5, 5.41) is 7.34. The van der Waals surface area contributed by atoms with Crippen LogP contribution in [0.3, 0.4) is 0 Å². The normalized spacial score (nSPS) is 12.3. The van der Waals surface area contributed by atoms with Crippen LogP contribution in [-0.2, 0) is 0 Å². The molecule has 0 atom stereocenters. The number of furan rings is 1. The van der Waals surface area contributed by atoms with Crippen LogP contribution in [0.25, 0.3) is 93.6 Å². The lowest BCUT2D eigenvalue weighted by Crippen LogP contribution is -1.94. The maximum atomic E-state index is 6.50. The second kappa shape index (κ2) is 7.99. The van der Waals surface area contributed by atoms with E-state index in [9.17, 15) is 0 Å². The third-order valence-electron chi connectivity index (χ3n) is 9.12. The summed E-state index contributed by atoms with van der Waals surface area (Å²) in [6, 6.07) is 50.6. The molecular formula is C40H23NO. The van der Waals surface area contributed by atoms with Gasteiger partial charge in [0.25, 0.3) is 0 Å². The van der Waals surface area contributed by atoms with E-state index in [1.165, 1.54) is 55.1 Å². The van der Waals surface area contributed by atoms with Crippen molar-refractivity contribution in [3.63, 3.8) is 0 Å². The Balaban J connectivity index is 1.19. The highest BCUT2D eigenvalue weighted by atomic mass is 16.3. The van der Waals surface area contributed by atoms with Crippen molar-refractivity contribution in [3.8, 4) is 39.1 Å². The Labute approximate surface area is 241 Å². The van der Waals surface area contributed by atoms with Crippen LogP contribution >= 0.6 is 0 Å². The van der Waals surface area contributed by atoms with Crippen molar-refractivity contribution >= 4 is 54.5 Å². The first-order valence-electron chi connectivity index (χ1n) is 14.4. The minimum atomic E-state index is 0.924. The highest BCUT2D eigenvalue weighted by Gasteiger charge is 2.22. The van der Waals surface area contributed by atoms with Crippen molar-refractivity contribution in [2.24, 2.45) is 0 Å². The summed E-state index contributed by atoms with van der Waals surface area (Å²) in [5.41, 5.74) is 13.1. The van der Waals surface area contributed by atoms with Gasteiger partial charge in [0.15, 0.2) is 0 Å². The predicted octanol–water partition coefficient (Wildman–Crippen LogP) is 11.2. The average molecular weight is 534 g/mol. The minimum Gasteiger partial charge on any atom is -0.455 e. The van der Waals surface area contributed by atoms with Crippen LogP contribution in [0.2, 0.25) is 0 Å². The molecule has 10 rings (SSSR count). The third-order valence-corrected chi connectivity index (χ3v) is 9.12. The molecule has 0 bridgehead atoms. The summed E-state index contributed by atoms with van der Waals surface area (Å²) < 4.78 is 8.88. The van der Waals surface area contributed by atoms with Crippen LogP contribution in [0.1, 0.15) is 0 Å². The molecular weight excluding hydrogens is 510 g/mol. The molecule has 7 aromatic carbocycles. The number of para-hydroxylation sites is 2. The molecule has 2 nitrogen and oxygen atoms in total. The number of hydrogen-bond donors (Lipinski definition) is 0. The molecule has 0 saturated carbocycles. The van der Waals surface area contributed by atoms with E-state index in [1.807, 2.05) is 6.07 Å². The van der Waals surface area contributed by atoms with Crippen LogP contribution in [-0.4, -0.2) is 4.57 Å². The summed E-state index contributed by atoms with van der Waals surface area (Å²) in [5.74, 6) is 0. The van der Waals surface area contributed by atoms with Gasteiger partial charge in [-0.2, -0.15) is 0 Å². The molecule has 0 fully saturated rings. The zero-order chi connectivity index (χ0) is 27.4. The Kier molecular flexibility index (Phi) is 4.21. The zero-order valence-electron chi connectivity index (χ0n) is 22.6. The predicted molar refractivity (Wildman–Crippen MR) is 175 cm³/mol. The quantitative estimate of drug-likeness (QED) is 0.216. The Bertz CT molecular complexity index is 2570. The molecule has 194 valence electrons. The van der Waals surface area contributed by atoms with E-state index in [2.05, 4.69) is 138 Å². The van der Waals surface area contributed by atoms with Gasteiger partial charge < -0.3 is 8.98 Å². The van der Waals surface area contributed by atoms with E-state index in [0.29, 0.717) is 0 Å². The molecule has 0 amide bonds. The van der Waals surface area contributed by atoms with Crippen LogP contribution in [0.5, 0.6) is 0 Å². The van der Waals surface area contributed by atoms with Gasteiger partial charge in [-0.05, 0) is 86.6 Å². The van der Waals surface area contributed by atoms with Gasteiger partial charge in [0.05, 0.1) is 16.4 Å². The molecule has 0 saturated heterocycles. The first-order chi connectivity index (χ1) is 20.8. The molecule has 0 radical (unpaired) electrons. The summed E-state index contributed by atoms with van der Waals surface area (Å²) in [6.07, 6.45) is 0. The number of nitrogens with zero attached hydrogens (tertiary/aromatic N) is 1. The molecule has 2 heteroatoms. The van der Waals surface area contributed by atoms with E-state index in [1.54, 1.807) is 0 Å². The molecule has 9 aromatic rings. The first-order valence-corrected chi connectivity index (χ1v) is 14.4. The molecule has 0 aliphatic heterocycles. The van der Waals surface area contributed by atoms with Gasteiger partial charge in [0.1, 0.15) is 11.2 Å². The molecule has 42 heavy (non-hydrogen) atoms. The van der Waals surface area contributed by atoms with Crippen LogP contribution in [0, 0.1) is 0 Å². The maximum Gasteiger partial charge on any atom is 0.145 e. The topological polar surface area (TPSA) is 18.1 Å². The Hall–Kier alpha value is -5.60. The van der Waals surface area contributed by atoms with Crippen molar-refractivity contribution in [3.05, 3.63) is 140 Å². The number of fused-ring (bicyclic) bond motifs is 10. The third kappa shape index (κ3) is 2.83. The highest BCUT2D eigenvalue weighted by molar-refractivity contribution is 6.24. The minimum absolute atomic E-state index is 0.924. The van der Waals surface area contributed by atoms with Crippen molar-refractivity contribution in [2.45, 2.75) is 0 Å². The standard InChI is InChI=1S/C40H23NO/c1-3-16-35-33(13-1)39-36(21-20-32-29-12-2-4-17-37(29)42-40(32)39)41(35)27-11-5-10-25(22-27)26-18-19-28-30-14-6-8-24-9-7-15-31(38(24)30)34(28)23-26/h1-23H. The Morgan fingerprint density at radius 3 is 2.10 bits per heavy atom. The lowest BCUT2D eigenvalue weighted by atomic mass is 9.97. The monoisotopic (exact) mass is 533 g/mol. The smallest absolute Gasteiger partial charge is 0.145 e. The highest BCUT2D eigenvalue weighted by Crippen LogP contribution is 2.48. The van der Waals surface area contributed by atoms with Gasteiger partial charge in [0.2, 0.25) is 0 Å². The van der Waals surface area contributed by atoms with Crippen molar-refractivity contribution in [2.75, 3.05) is 0 Å². The number of benzene rings is 7. The molecule has 0 N–H and O–H groups in total. The van der Waals surface area contributed by atoms with Gasteiger partial charge >= 0.3 is 0 Å². The van der Waals surface area contributed by atoms with Gasteiger partial charge in [-0.25, -0.2) is 0 Å². The lowest BCUT2D eigenvalue weighted by Gasteiger charge is -2.11. The SMILES string of the molecule is c1cc(-c2ccc3c(c2)-c2cccc4cccc-3c24)cc(-n2c3ccccc3c3c4oc5ccccc5c4ccc32)c1. The molecule has 1 aliphatic carbocycles. The van der Waals surface area contributed by atoms with Crippen LogP contribution in [0.4, 0.5) is 0 Å². The largest absolute Gasteiger partial charge is 0.455 e. The van der Waals surface area contributed by atoms with E-state index < -0.39 is 0 Å². The van der Waals surface area contributed by atoms with E-state index >= 15 is 0 Å². The molecule has 2 heterocycles. The molecule has 0 spiro atoms. The van der Waals surface area contributed by atoms with Crippen LogP contribution in [0.15, 0.2) is 144 Å². The fourth-order valence-corrected chi connectivity index (χ4v) is 7.31. The summed E-state index contributed by atoms with van der Waals surface area (Å²) in [7, 11) is 0. The first kappa shape index (κ1) is 22.1. The molecule has 2 aromatic heterocycles. The fourth-order valence-electron chi connectivity index (χ4n) is 7.31. The van der Waals surface area contributed by atoms with Crippen molar-refractivity contribution in [1.82, 2.24) is 4.57 Å². The van der Waals surface area contributed by atoms with E-state index in [0.717, 1.165) is 38.5 Å². The van der Waals surface area contributed by atoms with Crippen LogP contribution < -0.4 is 0 Å². The summed E-state index contributed by atoms with van der Waals surface area (Å²) in [6.45, 7) is 0. The number of rotatable bonds is 2. The second-order valence-corrected chi connectivity index (χ2v) is 11.3. The number of hydrogen-bond acceptors (Lipinski definition) is 1.